The number of esters is 2. The highest BCUT2D eigenvalue weighted by Crippen LogP contribution is 2.38. The Labute approximate surface area is 164 Å². The Bertz CT molecular complexity index is 682. The molecule has 152 valence electrons. The number of rotatable bonds is 6. The summed E-state index contributed by atoms with van der Waals surface area (Å²) in [5, 5.41) is 0. The van der Waals surface area contributed by atoms with Gasteiger partial charge in [-0.1, -0.05) is 36.9 Å². The molecule has 28 heavy (non-hydrogen) atoms. The van der Waals surface area contributed by atoms with Crippen LogP contribution in [0.25, 0.3) is 5.57 Å². The molecule has 1 saturated carbocycles. The highest BCUT2D eigenvalue weighted by molar-refractivity contribution is 5.77. The molecule has 1 aliphatic heterocycles. The van der Waals surface area contributed by atoms with E-state index in [2.05, 4.69) is 11.3 Å². The Morgan fingerprint density at radius 1 is 1.14 bits per heavy atom. The highest BCUT2D eigenvalue weighted by Gasteiger charge is 2.44. The molecule has 0 bridgehead atoms. The van der Waals surface area contributed by atoms with Crippen LogP contribution in [0.5, 0.6) is 0 Å². The van der Waals surface area contributed by atoms with Crippen LogP contribution in [-0.2, 0) is 33.6 Å². The third-order valence-electron chi connectivity index (χ3n) is 5.10. The van der Waals surface area contributed by atoms with E-state index in [4.69, 9.17) is 19.2 Å². The van der Waals surface area contributed by atoms with E-state index in [9.17, 15) is 9.59 Å². The van der Waals surface area contributed by atoms with Gasteiger partial charge in [-0.25, -0.2) is 9.78 Å². The number of carbonyl (C=O) groups is 2. The molecule has 1 aromatic carbocycles. The van der Waals surface area contributed by atoms with Crippen molar-refractivity contribution in [1.82, 2.24) is 0 Å². The van der Waals surface area contributed by atoms with Crippen LogP contribution >= 0.6 is 0 Å². The van der Waals surface area contributed by atoms with Crippen molar-refractivity contribution in [3.8, 4) is 0 Å². The fourth-order valence-corrected chi connectivity index (χ4v) is 3.35. The molecule has 1 saturated heterocycles. The topological polar surface area (TPSA) is 80.3 Å². The van der Waals surface area contributed by atoms with Gasteiger partial charge in [0.1, 0.15) is 12.2 Å². The zero-order valence-electron chi connectivity index (χ0n) is 16.1. The van der Waals surface area contributed by atoms with Crippen LogP contribution < -0.4 is 0 Å². The number of ether oxygens (including phenoxy) is 3. The number of benzene rings is 1. The van der Waals surface area contributed by atoms with E-state index in [0.717, 1.165) is 11.1 Å². The lowest BCUT2D eigenvalue weighted by molar-refractivity contribution is -0.484. The summed E-state index contributed by atoms with van der Waals surface area (Å²) in [7, 11) is 1.29. The molecule has 0 N–H and O–H groups in total. The van der Waals surface area contributed by atoms with Crippen LogP contribution in [0, 0.1) is 0 Å². The number of hydrogen-bond acceptors (Lipinski definition) is 7. The first-order valence-electron chi connectivity index (χ1n) is 9.50. The van der Waals surface area contributed by atoms with Crippen LogP contribution in [0.2, 0.25) is 0 Å². The van der Waals surface area contributed by atoms with Crippen molar-refractivity contribution >= 4 is 17.5 Å². The first-order chi connectivity index (χ1) is 13.5. The van der Waals surface area contributed by atoms with E-state index in [-0.39, 0.29) is 25.0 Å². The Balaban J connectivity index is 1.42. The van der Waals surface area contributed by atoms with E-state index in [1.165, 1.54) is 7.11 Å². The normalized spacial score (nSPS) is 27.2. The van der Waals surface area contributed by atoms with Crippen LogP contribution in [0.15, 0.2) is 36.9 Å². The summed E-state index contributed by atoms with van der Waals surface area (Å²) in [6.07, 6.45) is 1.82. The van der Waals surface area contributed by atoms with Gasteiger partial charge in [0.25, 0.3) is 0 Å². The van der Waals surface area contributed by atoms with Gasteiger partial charge >= 0.3 is 11.9 Å². The summed E-state index contributed by atoms with van der Waals surface area (Å²) in [6, 6.07) is 9.77. The quantitative estimate of drug-likeness (QED) is 0.545. The van der Waals surface area contributed by atoms with Crippen molar-refractivity contribution in [3.63, 3.8) is 0 Å². The first kappa shape index (κ1) is 20.5. The second-order valence-electron chi connectivity index (χ2n) is 7.05. The molecule has 2 aliphatic rings. The van der Waals surface area contributed by atoms with E-state index in [0.29, 0.717) is 32.3 Å². The van der Waals surface area contributed by atoms with E-state index in [1.54, 1.807) is 0 Å². The number of carbonyl (C=O) groups excluding carboxylic acids is 2. The van der Waals surface area contributed by atoms with Crippen molar-refractivity contribution in [3.05, 3.63) is 42.5 Å². The Hall–Kier alpha value is -2.22. The fraction of sp³-hybridized carbons (Fsp3) is 0.524. The number of methoxy groups -OCH3 is 1. The largest absolute Gasteiger partial charge is 0.469 e. The molecule has 0 amide bonds. The van der Waals surface area contributed by atoms with Gasteiger partial charge in [0.15, 0.2) is 0 Å². The third-order valence-corrected chi connectivity index (χ3v) is 5.10. The summed E-state index contributed by atoms with van der Waals surface area (Å²) in [5.41, 5.74) is 1.79. The van der Waals surface area contributed by atoms with Gasteiger partial charge in [-0.05, 0) is 24.0 Å². The zero-order chi connectivity index (χ0) is 20.0. The molecule has 7 nitrogen and oxygen atoms in total. The fourth-order valence-electron chi connectivity index (χ4n) is 3.35. The molecule has 1 unspecified atom stereocenters. The molecule has 1 heterocycles. The molecule has 1 aromatic rings. The van der Waals surface area contributed by atoms with Gasteiger partial charge in [-0.15, -0.1) is 0 Å². The molecule has 3 rings (SSSR count). The summed E-state index contributed by atoms with van der Waals surface area (Å²) >= 11 is 0. The first-order valence-corrected chi connectivity index (χ1v) is 9.50. The van der Waals surface area contributed by atoms with Crippen LogP contribution in [0.1, 0.15) is 44.1 Å². The minimum atomic E-state index is -0.803. The van der Waals surface area contributed by atoms with E-state index < -0.39 is 17.7 Å². The Kier molecular flexibility index (Phi) is 6.83. The molecule has 0 radical (unpaired) electrons. The maximum Gasteiger partial charge on any atom is 0.306 e. The minimum absolute atomic E-state index is 0.0215. The van der Waals surface area contributed by atoms with E-state index in [1.807, 2.05) is 30.3 Å². The second kappa shape index (κ2) is 9.32. The molecule has 1 atom stereocenters. The second-order valence-corrected chi connectivity index (χ2v) is 7.05. The smallest absolute Gasteiger partial charge is 0.306 e. The minimum Gasteiger partial charge on any atom is -0.469 e. The average Bonchev–Trinajstić information content (AvgIpc) is 2.74. The van der Waals surface area contributed by atoms with Gasteiger partial charge < -0.3 is 14.2 Å². The lowest BCUT2D eigenvalue weighted by atomic mass is 9.91. The zero-order valence-corrected chi connectivity index (χ0v) is 16.1. The van der Waals surface area contributed by atoms with E-state index >= 15 is 0 Å². The molecule has 7 heteroatoms. The lowest BCUT2D eigenvalue weighted by Crippen LogP contribution is -2.48. The van der Waals surface area contributed by atoms with Gasteiger partial charge in [-0.2, -0.15) is 0 Å². The van der Waals surface area contributed by atoms with Crippen molar-refractivity contribution in [2.24, 2.45) is 0 Å². The summed E-state index contributed by atoms with van der Waals surface area (Å²) < 4.78 is 15.9. The van der Waals surface area contributed by atoms with Crippen molar-refractivity contribution in [2.75, 3.05) is 13.7 Å². The highest BCUT2D eigenvalue weighted by atomic mass is 17.2. The van der Waals surface area contributed by atoms with Crippen molar-refractivity contribution < 1.29 is 33.6 Å². The third kappa shape index (κ3) is 5.19. The van der Waals surface area contributed by atoms with Crippen LogP contribution in [0.4, 0.5) is 0 Å². The maximum absolute atomic E-state index is 11.8. The molecular weight excluding hydrogens is 364 g/mol. The molecule has 1 aliphatic carbocycles. The van der Waals surface area contributed by atoms with Gasteiger partial charge in [0.2, 0.25) is 5.79 Å². The molecule has 2 fully saturated rings. The molecule has 1 spiro atoms. The summed E-state index contributed by atoms with van der Waals surface area (Å²) in [6.45, 7) is 4.45. The monoisotopic (exact) mass is 390 g/mol. The lowest BCUT2D eigenvalue weighted by Gasteiger charge is -2.42. The summed E-state index contributed by atoms with van der Waals surface area (Å²) in [5.74, 6) is -1.62. The maximum atomic E-state index is 11.8. The van der Waals surface area contributed by atoms with Crippen molar-refractivity contribution in [2.45, 2.75) is 56.5 Å². The van der Waals surface area contributed by atoms with Crippen LogP contribution in [0.3, 0.4) is 0 Å². The summed E-state index contributed by atoms with van der Waals surface area (Å²) in [4.78, 5) is 34.1. The van der Waals surface area contributed by atoms with Crippen molar-refractivity contribution in [1.29, 1.82) is 0 Å². The predicted octanol–water partition coefficient (Wildman–Crippen LogP) is 3.18. The Morgan fingerprint density at radius 3 is 2.43 bits per heavy atom. The molecular formula is C21H26O7. The number of hydrogen-bond donors (Lipinski definition) is 0. The SMILES string of the molecule is C=C(c1ccccc1)C1COC2(CCC(OC(=O)CCC(=O)OC)CC2)OO1. The predicted molar refractivity (Wildman–Crippen MR) is 99.7 cm³/mol. The standard InChI is InChI=1S/C21H26O7/c1-15(16-6-4-3-5-7-16)18-14-25-21(28-27-18)12-10-17(11-13-21)26-20(23)9-8-19(22)24-2/h3-7,17-18H,1,8-14H2,2H3. The average molecular weight is 390 g/mol. The van der Waals surface area contributed by atoms with Gasteiger partial charge in [0.05, 0.1) is 26.6 Å². The van der Waals surface area contributed by atoms with Gasteiger partial charge in [-0.3, -0.25) is 9.59 Å². The molecule has 0 aromatic heterocycles. The van der Waals surface area contributed by atoms with Gasteiger partial charge in [0, 0.05) is 12.8 Å². The van der Waals surface area contributed by atoms with Crippen LogP contribution in [-0.4, -0.2) is 43.7 Å². The Morgan fingerprint density at radius 2 is 1.82 bits per heavy atom.